The highest BCUT2D eigenvalue weighted by Gasteiger charge is 2.32. The van der Waals surface area contributed by atoms with Gasteiger partial charge in [0.2, 0.25) is 0 Å². The largest absolute Gasteiger partial charge is 0.303 e. The number of non-ortho nitro benzene ring substituents is 1. The summed E-state index contributed by atoms with van der Waals surface area (Å²) in [6.45, 7) is 0. The Morgan fingerprint density at radius 1 is 1.28 bits per heavy atom. The highest BCUT2D eigenvalue weighted by Crippen LogP contribution is 2.41. The zero-order valence-corrected chi connectivity index (χ0v) is 9.36. The van der Waals surface area contributed by atoms with Crippen molar-refractivity contribution in [2.75, 3.05) is 0 Å². The molecule has 0 saturated carbocycles. The molecule has 0 fully saturated rings. The molecule has 0 amide bonds. The van der Waals surface area contributed by atoms with Gasteiger partial charge in [-0.1, -0.05) is 0 Å². The highest BCUT2D eigenvalue weighted by molar-refractivity contribution is 8.06. The molecule has 0 spiro atoms. The van der Waals surface area contributed by atoms with Crippen LogP contribution in [0.1, 0.15) is 0 Å². The van der Waals surface area contributed by atoms with Crippen molar-refractivity contribution in [1.29, 1.82) is 0 Å². The summed E-state index contributed by atoms with van der Waals surface area (Å²) in [5, 5.41) is 21.5. The van der Waals surface area contributed by atoms with E-state index in [-0.39, 0.29) is 10.6 Å². The summed E-state index contributed by atoms with van der Waals surface area (Å²) in [6, 6.07) is 1.67. The molecule has 94 valence electrons. The monoisotopic (exact) mass is 271 g/mol. The summed E-state index contributed by atoms with van der Waals surface area (Å²) >= 11 is 0. The van der Waals surface area contributed by atoms with Gasteiger partial charge in [-0.25, -0.2) is 15.0 Å². The van der Waals surface area contributed by atoms with Crippen molar-refractivity contribution in [1.82, 2.24) is 0 Å². The van der Waals surface area contributed by atoms with Crippen LogP contribution in [-0.4, -0.2) is 19.6 Å². The smallest absolute Gasteiger partial charge is 0.258 e. The number of nitrogens with zero attached hydrogens (tertiary/aromatic N) is 4. The van der Waals surface area contributed by atoms with Gasteiger partial charge in [0.1, 0.15) is 15.3 Å². The van der Waals surface area contributed by atoms with E-state index in [0.29, 0.717) is 0 Å². The molecule has 2 N–H and O–H groups in total. The summed E-state index contributed by atoms with van der Waals surface area (Å²) in [7, 11) is -3.26. The van der Waals surface area contributed by atoms with Gasteiger partial charge < -0.3 is 0 Å². The molecular weight excluding hydrogens is 266 g/mol. The van der Waals surface area contributed by atoms with Gasteiger partial charge >= 0.3 is 5.69 Å². The molecule has 1 unspecified atom stereocenters. The number of rotatable bonds is 2. The van der Waals surface area contributed by atoms with Crippen molar-refractivity contribution < 1.29 is 14.1 Å². The Balaban J connectivity index is 2.87. The molecule has 1 atom stereocenters. The minimum Gasteiger partial charge on any atom is -0.258 e. The van der Waals surface area contributed by atoms with Gasteiger partial charge in [0.05, 0.1) is 20.8 Å². The number of nitro groups is 2. The molecule has 1 aliphatic heterocycles. The third-order valence-electron chi connectivity index (χ3n) is 2.24. The van der Waals surface area contributed by atoms with Crippen LogP contribution in [0, 0.1) is 20.2 Å². The molecule has 1 aromatic rings. The van der Waals surface area contributed by atoms with Gasteiger partial charge in [-0.05, 0) is 0 Å². The van der Waals surface area contributed by atoms with Crippen molar-refractivity contribution in [2.24, 2.45) is 15.3 Å². The van der Waals surface area contributed by atoms with E-state index in [2.05, 4.69) is 9.46 Å². The molecule has 1 aliphatic rings. The summed E-state index contributed by atoms with van der Waals surface area (Å²) in [5.41, 5.74) is -0.537. The summed E-state index contributed by atoms with van der Waals surface area (Å²) in [4.78, 5) is 23.2. The lowest BCUT2D eigenvalue weighted by Crippen LogP contribution is -2.03. The van der Waals surface area contributed by atoms with Crippen molar-refractivity contribution in [3.8, 4) is 0 Å². The Labute approximate surface area is 99.6 Å². The summed E-state index contributed by atoms with van der Waals surface area (Å²) in [5.74, 6) is 4.95. The second kappa shape index (κ2) is 3.82. The van der Waals surface area contributed by atoms with E-state index in [1.54, 1.807) is 0 Å². The molecule has 0 radical (unpaired) electrons. The van der Waals surface area contributed by atoms with Crippen LogP contribution in [0.15, 0.2) is 26.5 Å². The number of aliphatic imine (C=N–C) groups is 1. The maximum atomic E-state index is 12.0. The second-order valence-corrected chi connectivity index (χ2v) is 5.23. The number of benzene rings is 1. The number of nitro benzene ring substituents is 2. The lowest BCUT2D eigenvalue weighted by molar-refractivity contribution is -0.394. The van der Waals surface area contributed by atoms with Crippen molar-refractivity contribution in [3.05, 3.63) is 32.4 Å². The predicted molar refractivity (Wildman–Crippen MR) is 60.9 cm³/mol. The highest BCUT2D eigenvalue weighted by atomic mass is 32.2. The van der Waals surface area contributed by atoms with Crippen LogP contribution < -0.4 is 5.84 Å². The molecule has 11 heteroatoms. The number of fused-ring (bicyclic) bond motifs is 1. The lowest BCUT2D eigenvalue weighted by Gasteiger charge is -2.01. The normalized spacial score (nSPS) is 20.5. The number of hydrogen-bond donors (Lipinski definition) is 1. The lowest BCUT2D eigenvalue weighted by atomic mass is 10.2. The third-order valence-corrected chi connectivity index (χ3v) is 3.89. The zero-order valence-electron chi connectivity index (χ0n) is 8.55. The van der Waals surface area contributed by atoms with Crippen LogP contribution in [0.3, 0.4) is 0 Å². The van der Waals surface area contributed by atoms with Crippen molar-refractivity contribution >= 4 is 32.3 Å². The molecule has 0 saturated heterocycles. The molecule has 0 aromatic heterocycles. The first kappa shape index (κ1) is 12.1. The van der Waals surface area contributed by atoms with E-state index >= 15 is 0 Å². The fourth-order valence-corrected chi connectivity index (χ4v) is 2.69. The second-order valence-electron chi connectivity index (χ2n) is 3.23. The molecule has 1 aromatic carbocycles. The maximum Gasteiger partial charge on any atom is 0.303 e. The first-order chi connectivity index (χ1) is 8.39. The molecule has 18 heavy (non-hydrogen) atoms. The van der Waals surface area contributed by atoms with Crippen LogP contribution in [0.5, 0.6) is 0 Å². The topological polar surface area (TPSA) is 154 Å². The Kier molecular flexibility index (Phi) is 2.56. The third kappa shape index (κ3) is 1.61. The summed E-state index contributed by atoms with van der Waals surface area (Å²) in [6.07, 6.45) is 0. The molecule has 2 rings (SSSR count). The molecule has 0 bridgehead atoms. The van der Waals surface area contributed by atoms with Crippen molar-refractivity contribution in [2.45, 2.75) is 4.90 Å². The van der Waals surface area contributed by atoms with Gasteiger partial charge in [0.25, 0.3) is 5.69 Å². The predicted octanol–water partition coefficient (Wildman–Crippen LogP) is 0.877. The Morgan fingerprint density at radius 3 is 2.44 bits per heavy atom. The minimum absolute atomic E-state index is 0.217. The standard InChI is InChI=1S/C7H5N5O5S/c8-10-18(17)3-9-7-5(12(15)16)1-4(11(13)14)2-6(7)18/h1-3H,8H2. The number of hydrogen-bond acceptors (Lipinski definition) is 7. The fraction of sp³-hybridized carbons (Fsp3) is 0. The SMILES string of the molecule is NN=S1(=O)C=Nc2c([N+](=O)[O-])cc([N+](=O)[O-])cc21. The van der Waals surface area contributed by atoms with Gasteiger partial charge in [-0.15, -0.1) is 4.47 Å². The Bertz CT molecular complexity index is 717. The number of nitrogens with two attached hydrogens (primary N) is 1. The zero-order chi connectivity index (χ0) is 13.5. The first-order valence-electron chi connectivity index (χ1n) is 4.36. The average molecular weight is 271 g/mol. The minimum atomic E-state index is -3.26. The Hall–Kier alpha value is -2.40. The van der Waals surface area contributed by atoms with Crippen LogP contribution in [-0.2, 0) is 9.73 Å². The molecular formula is C7H5N5O5S. The van der Waals surface area contributed by atoms with Gasteiger partial charge in [-0.3, -0.25) is 20.2 Å². The Morgan fingerprint density at radius 2 is 1.94 bits per heavy atom. The van der Waals surface area contributed by atoms with Gasteiger partial charge in [0.15, 0.2) is 5.69 Å². The van der Waals surface area contributed by atoms with E-state index in [1.165, 1.54) is 0 Å². The molecule has 1 heterocycles. The van der Waals surface area contributed by atoms with Crippen LogP contribution in [0.4, 0.5) is 17.1 Å². The van der Waals surface area contributed by atoms with E-state index in [9.17, 15) is 24.4 Å². The fourth-order valence-electron chi connectivity index (χ4n) is 1.44. The maximum absolute atomic E-state index is 12.0. The van der Waals surface area contributed by atoms with Crippen LogP contribution in [0.25, 0.3) is 0 Å². The van der Waals surface area contributed by atoms with E-state index in [4.69, 9.17) is 5.84 Å². The van der Waals surface area contributed by atoms with Crippen molar-refractivity contribution in [3.63, 3.8) is 0 Å². The van der Waals surface area contributed by atoms with Crippen LogP contribution in [0.2, 0.25) is 0 Å². The summed E-state index contributed by atoms with van der Waals surface area (Å²) < 4.78 is 15.1. The van der Waals surface area contributed by atoms with Gasteiger partial charge in [0, 0.05) is 6.07 Å². The van der Waals surface area contributed by atoms with E-state index < -0.39 is 31.0 Å². The molecule has 10 nitrogen and oxygen atoms in total. The quantitative estimate of drug-likeness (QED) is 0.478. The average Bonchev–Trinajstić information content (AvgIpc) is 2.67. The van der Waals surface area contributed by atoms with Crippen LogP contribution >= 0.6 is 0 Å². The van der Waals surface area contributed by atoms with E-state index in [1.807, 2.05) is 0 Å². The van der Waals surface area contributed by atoms with Gasteiger partial charge in [-0.2, -0.15) is 0 Å². The molecule has 0 aliphatic carbocycles. The first-order valence-corrected chi connectivity index (χ1v) is 5.94. The van der Waals surface area contributed by atoms with E-state index in [0.717, 1.165) is 17.7 Å².